The van der Waals surface area contributed by atoms with Crippen LogP contribution in [0.2, 0.25) is 5.02 Å². The first-order chi connectivity index (χ1) is 17.4. The van der Waals surface area contributed by atoms with Crippen molar-refractivity contribution >= 4 is 50.5 Å². The number of benzene rings is 3. The monoisotopic (exact) mass is 496 g/mol. The van der Waals surface area contributed by atoms with Gasteiger partial charge in [0.15, 0.2) is 11.3 Å². The Bertz CT molecular complexity index is 1890. The quantitative estimate of drug-likeness (QED) is 0.245. The normalized spacial score (nSPS) is 11.5. The Kier molecular flexibility index (Phi) is 5.01. The van der Waals surface area contributed by atoms with Crippen LogP contribution in [0.25, 0.3) is 38.9 Å². The lowest BCUT2D eigenvalue weighted by Gasteiger charge is -2.08. The van der Waals surface area contributed by atoms with Gasteiger partial charge < -0.3 is 0 Å². The third-order valence-electron chi connectivity index (χ3n) is 6.09. The van der Waals surface area contributed by atoms with Gasteiger partial charge in [0.05, 0.1) is 28.2 Å². The SMILES string of the molecule is Cc1ccc(Cn2cnc3c(c2=O)c2nc4ccccc4nc2n3-c2ccc(Cl)c([N+](=O)[O-])c2)cc1. The van der Waals surface area contributed by atoms with Crippen molar-refractivity contribution in [2.24, 2.45) is 0 Å². The average molecular weight is 497 g/mol. The first-order valence-electron chi connectivity index (χ1n) is 11.1. The average Bonchev–Trinajstić information content (AvgIpc) is 3.19. The minimum atomic E-state index is -0.553. The van der Waals surface area contributed by atoms with Gasteiger partial charge >= 0.3 is 0 Å². The topological polar surface area (TPSA) is 109 Å². The molecule has 3 aromatic carbocycles. The number of nitro groups is 1. The summed E-state index contributed by atoms with van der Waals surface area (Å²) in [5.41, 5.74) is 4.25. The maximum Gasteiger partial charge on any atom is 0.289 e. The molecule has 0 aliphatic rings. The van der Waals surface area contributed by atoms with Crippen molar-refractivity contribution in [3.8, 4) is 5.69 Å². The summed E-state index contributed by atoms with van der Waals surface area (Å²) in [6.45, 7) is 2.34. The number of aromatic nitrogens is 5. The lowest BCUT2D eigenvalue weighted by atomic mass is 10.1. The molecule has 0 spiro atoms. The molecule has 0 fully saturated rings. The maximum absolute atomic E-state index is 13.7. The fourth-order valence-electron chi connectivity index (χ4n) is 4.30. The van der Waals surface area contributed by atoms with Crippen molar-refractivity contribution in [3.05, 3.63) is 110 Å². The maximum atomic E-state index is 13.7. The van der Waals surface area contributed by atoms with Crippen LogP contribution in [0.15, 0.2) is 77.9 Å². The molecule has 0 saturated heterocycles. The molecule has 0 atom stereocenters. The lowest BCUT2D eigenvalue weighted by Crippen LogP contribution is -2.21. The standard InChI is InChI=1S/C26H17ClN6O3/c1-15-6-8-16(9-7-15)13-31-14-28-24-22(26(31)34)23-25(30-20-5-3-2-4-19(20)29-23)32(24)17-10-11-18(27)21(12-17)33(35)36/h2-12,14H,13H2,1H3. The van der Waals surface area contributed by atoms with Crippen molar-refractivity contribution in [2.45, 2.75) is 13.5 Å². The van der Waals surface area contributed by atoms with E-state index in [2.05, 4.69) is 4.98 Å². The summed E-state index contributed by atoms with van der Waals surface area (Å²) in [7, 11) is 0. The van der Waals surface area contributed by atoms with Crippen LogP contribution in [0, 0.1) is 17.0 Å². The summed E-state index contributed by atoms with van der Waals surface area (Å²) < 4.78 is 3.14. The van der Waals surface area contributed by atoms with E-state index in [-0.39, 0.29) is 21.7 Å². The molecular formula is C26H17ClN6O3. The Hall–Kier alpha value is -4.63. The number of fused-ring (bicyclic) bond motifs is 4. The number of para-hydroxylation sites is 2. The van der Waals surface area contributed by atoms with Gasteiger partial charge in [-0.15, -0.1) is 0 Å². The minimum Gasteiger partial charge on any atom is -0.294 e. The van der Waals surface area contributed by atoms with Crippen LogP contribution in [-0.4, -0.2) is 29.0 Å². The fourth-order valence-corrected chi connectivity index (χ4v) is 4.49. The summed E-state index contributed by atoms with van der Waals surface area (Å²) in [4.78, 5) is 38.9. The molecule has 6 rings (SSSR count). The predicted molar refractivity (Wildman–Crippen MR) is 138 cm³/mol. The molecule has 0 radical (unpaired) electrons. The first kappa shape index (κ1) is 21.9. The van der Waals surface area contributed by atoms with Gasteiger partial charge in [0.2, 0.25) is 0 Å². The van der Waals surface area contributed by atoms with E-state index in [1.807, 2.05) is 55.5 Å². The molecule has 0 aliphatic heterocycles. The second kappa shape index (κ2) is 8.24. The van der Waals surface area contributed by atoms with E-state index in [0.29, 0.717) is 40.1 Å². The molecular weight excluding hydrogens is 480 g/mol. The molecule has 0 unspecified atom stereocenters. The number of hydrogen-bond acceptors (Lipinski definition) is 6. The number of halogens is 1. The van der Waals surface area contributed by atoms with Gasteiger partial charge in [-0.1, -0.05) is 53.6 Å². The van der Waals surface area contributed by atoms with Gasteiger partial charge in [0.1, 0.15) is 22.3 Å². The lowest BCUT2D eigenvalue weighted by molar-refractivity contribution is -0.384. The molecule has 0 amide bonds. The molecule has 176 valence electrons. The van der Waals surface area contributed by atoms with Gasteiger partial charge in [-0.2, -0.15) is 0 Å². The number of nitrogens with zero attached hydrogens (tertiary/aromatic N) is 6. The molecule has 0 N–H and O–H groups in total. The molecule has 0 aliphatic carbocycles. The van der Waals surface area contributed by atoms with Crippen LogP contribution in [0.1, 0.15) is 11.1 Å². The van der Waals surface area contributed by atoms with E-state index in [0.717, 1.165) is 11.1 Å². The number of rotatable bonds is 4. The summed E-state index contributed by atoms with van der Waals surface area (Å²) in [5.74, 6) is 0. The molecule has 0 bridgehead atoms. The van der Waals surface area contributed by atoms with Crippen LogP contribution in [-0.2, 0) is 6.54 Å². The highest BCUT2D eigenvalue weighted by atomic mass is 35.5. The Morgan fingerprint density at radius 3 is 2.42 bits per heavy atom. The highest BCUT2D eigenvalue weighted by molar-refractivity contribution is 6.32. The van der Waals surface area contributed by atoms with Crippen LogP contribution in [0.4, 0.5) is 5.69 Å². The van der Waals surface area contributed by atoms with Crippen molar-refractivity contribution in [2.75, 3.05) is 0 Å². The fraction of sp³-hybridized carbons (Fsp3) is 0.0769. The van der Waals surface area contributed by atoms with Crippen LogP contribution < -0.4 is 5.56 Å². The molecule has 0 saturated carbocycles. The second-order valence-corrected chi connectivity index (χ2v) is 8.88. The zero-order valence-electron chi connectivity index (χ0n) is 18.9. The van der Waals surface area contributed by atoms with Gasteiger partial charge in [-0.05, 0) is 36.8 Å². The van der Waals surface area contributed by atoms with Crippen molar-refractivity contribution in [1.29, 1.82) is 0 Å². The van der Waals surface area contributed by atoms with Gasteiger partial charge in [0, 0.05) is 6.07 Å². The van der Waals surface area contributed by atoms with Crippen molar-refractivity contribution in [1.82, 2.24) is 24.1 Å². The van der Waals surface area contributed by atoms with Gasteiger partial charge in [-0.25, -0.2) is 15.0 Å². The summed E-state index contributed by atoms with van der Waals surface area (Å²) in [5, 5.41) is 11.9. The predicted octanol–water partition coefficient (Wildman–Crippen LogP) is 5.20. The van der Waals surface area contributed by atoms with Crippen molar-refractivity contribution < 1.29 is 4.92 Å². The van der Waals surface area contributed by atoms with E-state index in [9.17, 15) is 14.9 Å². The Morgan fingerprint density at radius 2 is 1.69 bits per heavy atom. The van der Waals surface area contributed by atoms with Crippen LogP contribution in [0.5, 0.6) is 0 Å². The van der Waals surface area contributed by atoms with Crippen LogP contribution >= 0.6 is 11.6 Å². The highest BCUT2D eigenvalue weighted by Gasteiger charge is 2.23. The molecule has 36 heavy (non-hydrogen) atoms. The number of nitro benzene ring substituents is 1. The molecule has 3 aromatic heterocycles. The Morgan fingerprint density at radius 1 is 0.972 bits per heavy atom. The van der Waals surface area contributed by atoms with E-state index in [1.54, 1.807) is 10.6 Å². The molecule has 10 heteroatoms. The molecule has 9 nitrogen and oxygen atoms in total. The van der Waals surface area contributed by atoms with Crippen molar-refractivity contribution in [3.63, 3.8) is 0 Å². The largest absolute Gasteiger partial charge is 0.294 e. The Balaban J connectivity index is 1.67. The zero-order chi connectivity index (χ0) is 25.0. The third-order valence-corrected chi connectivity index (χ3v) is 6.41. The van der Waals surface area contributed by atoms with Gasteiger partial charge in [0.25, 0.3) is 11.2 Å². The van der Waals surface area contributed by atoms with E-state index < -0.39 is 4.92 Å². The number of aryl methyl sites for hydroxylation is 1. The third kappa shape index (κ3) is 3.48. The minimum absolute atomic E-state index is 0.00876. The molecule has 6 aromatic rings. The number of hydrogen-bond donors (Lipinski definition) is 0. The van der Waals surface area contributed by atoms with E-state index in [4.69, 9.17) is 21.6 Å². The molecule has 3 heterocycles. The van der Waals surface area contributed by atoms with E-state index >= 15 is 0 Å². The zero-order valence-corrected chi connectivity index (χ0v) is 19.7. The summed E-state index contributed by atoms with van der Waals surface area (Å²) in [6, 6.07) is 19.7. The Labute approximate surface area is 208 Å². The van der Waals surface area contributed by atoms with Gasteiger partial charge in [-0.3, -0.25) is 24.0 Å². The highest BCUT2D eigenvalue weighted by Crippen LogP contribution is 2.32. The summed E-state index contributed by atoms with van der Waals surface area (Å²) in [6.07, 6.45) is 1.48. The first-order valence-corrected chi connectivity index (χ1v) is 11.4. The summed E-state index contributed by atoms with van der Waals surface area (Å²) >= 11 is 6.05. The van der Waals surface area contributed by atoms with Crippen LogP contribution in [0.3, 0.4) is 0 Å². The second-order valence-electron chi connectivity index (χ2n) is 8.47. The van der Waals surface area contributed by atoms with E-state index in [1.165, 1.54) is 23.0 Å². The smallest absolute Gasteiger partial charge is 0.289 e.